The fourth-order valence-corrected chi connectivity index (χ4v) is 2.82. The standard InChI is InChI=1S/C15H22N4O2/c20-14(19-6-2-1-3-7-19)12-9-16-15(17-10-12)18-11-13-5-4-8-21-13/h9-10,13H,1-8,11H2,(H,16,17,18). The lowest BCUT2D eigenvalue weighted by Crippen LogP contribution is -2.35. The SMILES string of the molecule is O=C(c1cnc(NCC2CCCO2)nc1)N1CCCCC1. The predicted molar refractivity (Wildman–Crippen MR) is 79.3 cm³/mol. The molecule has 1 amide bonds. The Morgan fingerprint density at radius 3 is 2.67 bits per heavy atom. The van der Waals surface area contributed by atoms with E-state index in [-0.39, 0.29) is 12.0 Å². The zero-order valence-corrected chi connectivity index (χ0v) is 12.3. The molecule has 2 saturated heterocycles. The van der Waals surface area contributed by atoms with Gasteiger partial charge in [0.25, 0.3) is 5.91 Å². The first-order chi connectivity index (χ1) is 10.3. The van der Waals surface area contributed by atoms with E-state index in [9.17, 15) is 4.79 Å². The van der Waals surface area contributed by atoms with Crippen LogP contribution in [0.25, 0.3) is 0 Å². The molecule has 2 aliphatic rings. The average molecular weight is 290 g/mol. The monoisotopic (exact) mass is 290 g/mol. The molecular weight excluding hydrogens is 268 g/mol. The van der Waals surface area contributed by atoms with Crippen LogP contribution in [0, 0.1) is 0 Å². The van der Waals surface area contributed by atoms with Gasteiger partial charge in [-0.3, -0.25) is 4.79 Å². The molecule has 1 N–H and O–H groups in total. The van der Waals surface area contributed by atoms with E-state index in [1.807, 2.05) is 4.90 Å². The number of ether oxygens (including phenoxy) is 1. The van der Waals surface area contributed by atoms with E-state index in [4.69, 9.17) is 4.74 Å². The quantitative estimate of drug-likeness (QED) is 0.914. The number of nitrogens with one attached hydrogen (secondary N) is 1. The van der Waals surface area contributed by atoms with Crippen LogP contribution < -0.4 is 5.32 Å². The Kier molecular flexibility index (Phi) is 4.65. The van der Waals surface area contributed by atoms with Crippen LogP contribution in [0.4, 0.5) is 5.95 Å². The van der Waals surface area contributed by atoms with Gasteiger partial charge in [-0.1, -0.05) is 0 Å². The van der Waals surface area contributed by atoms with Crippen LogP contribution in [-0.2, 0) is 4.74 Å². The first-order valence-electron chi connectivity index (χ1n) is 7.80. The van der Waals surface area contributed by atoms with E-state index < -0.39 is 0 Å². The maximum absolute atomic E-state index is 12.3. The summed E-state index contributed by atoms with van der Waals surface area (Å²) in [5, 5.41) is 3.16. The van der Waals surface area contributed by atoms with Crippen LogP contribution in [0.1, 0.15) is 42.5 Å². The summed E-state index contributed by atoms with van der Waals surface area (Å²) in [5.74, 6) is 0.598. The fraction of sp³-hybridized carbons (Fsp3) is 0.667. The van der Waals surface area contributed by atoms with E-state index in [2.05, 4.69) is 15.3 Å². The number of aromatic nitrogens is 2. The highest BCUT2D eigenvalue weighted by atomic mass is 16.5. The number of hydrogen-bond donors (Lipinski definition) is 1. The molecule has 6 nitrogen and oxygen atoms in total. The summed E-state index contributed by atoms with van der Waals surface area (Å²) in [7, 11) is 0. The highest BCUT2D eigenvalue weighted by Crippen LogP contribution is 2.14. The lowest BCUT2D eigenvalue weighted by Gasteiger charge is -2.26. The van der Waals surface area contributed by atoms with Crippen LogP contribution in [0.15, 0.2) is 12.4 Å². The highest BCUT2D eigenvalue weighted by Gasteiger charge is 2.19. The van der Waals surface area contributed by atoms with Gasteiger partial charge in [-0.15, -0.1) is 0 Å². The molecule has 2 aliphatic heterocycles. The molecule has 0 saturated carbocycles. The molecule has 3 heterocycles. The Morgan fingerprint density at radius 1 is 1.24 bits per heavy atom. The molecule has 1 atom stereocenters. The number of rotatable bonds is 4. The van der Waals surface area contributed by atoms with Crippen molar-refractivity contribution in [2.75, 3.05) is 31.6 Å². The number of hydrogen-bond acceptors (Lipinski definition) is 5. The maximum Gasteiger partial charge on any atom is 0.256 e. The highest BCUT2D eigenvalue weighted by molar-refractivity contribution is 5.93. The summed E-state index contributed by atoms with van der Waals surface area (Å²) >= 11 is 0. The normalized spacial score (nSPS) is 22.3. The first kappa shape index (κ1) is 14.3. The number of carbonyl (C=O) groups excluding carboxylic acids is 1. The molecule has 0 aliphatic carbocycles. The third-order valence-corrected chi connectivity index (χ3v) is 4.05. The van der Waals surface area contributed by atoms with Crippen molar-refractivity contribution in [3.63, 3.8) is 0 Å². The van der Waals surface area contributed by atoms with E-state index in [0.29, 0.717) is 11.5 Å². The van der Waals surface area contributed by atoms with E-state index in [1.54, 1.807) is 12.4 Å². The zero-order valence-electron chi connectivity index (χ0n) is 12.3. The fourth-order valence-electron chi connectivity index (χ4n) is 2.82. The van der Waals surface area contributed by atoms with Gasteiger partial charge in [-0.2, -0.15) is 0 Å². The lowest BCUT2D eigenvalue weighted by molar-refractivity contribution is 0.0723. The van der Waals surface area contributed by atoms with Crippen molar-refractivity contribution < 1.29 is 9.53 Å². The summed E-state index contributed by atoms with van der Waals surface area (Å²) in [6.07, 6.45) is 9.08. The van der Waals surface area contributed by atoms with Crippen LogP contribution in [0.2, 0.25) is 0 Å². The van der Waals surface area contributed by atoms with E-state index >= 15 is 0 Å². The molecule has 114 valence electrons. The summed E-state index contributed by atoms with van der Waals surface area (Å²) in [5.41, 5.74) is 0.569. The topological polar surface area (TPSA) is 67.3 Å². The Balaban J connectivity index is 1.54. The van der Waals surface area contributed by atoms with Crippen molar-refractivity contribution in [1.82, 2.24) is 14.9 Å². The summed E-state index contributed by atoms with van der Waals surface area (Å²) in [6, 6.07) is 0. The summed E-state index contributed by atoms with van der Waals surface area (Å²) in [6.45, 7) is 3.26. The molecule has 0 aromatic carbocycles. The number of anilines is 1. The zero-order chi connectivity index (χ0) is 14.5. The molecule has 0 spiro atoms. The Bertz CT molecular complexity index is 465. The van der Waals surface area contributed by atoms with E-state index in [1.165, 1.54) is 6.42 Å². The first-order valence-corrected chi connectivity index (χ1v) is 7.80. The molecule has 1 aromatic heterocycles. The Morgan fingerprint density at radius 2 is 2.00 bits per heavy atom. The number of carbonyl (C=O) groups is 1. The second-order valence-electron chi connectivity index (χ2n) is 5.66. The third-order valence-electron chi connectivity index (χ3n) is 4.05. The van der Waals surface area contributed by atoms with Gasteiger partial charge in [-0.05, 0) is 32.1 Å². The Labute approximate surface area is 124 Å². The van der Waals surface area contributed by atoms with Gasteiger partial charge in [0, 0.05) is 38.6 Å². The minimum Gasteiger partial charge on any atom is -0.376 e. The Hall–Kier alpha value is -1.69. The van der Waals surface area contributed by atoms with Gasteiger partial charge in [-0.25, -0.2) is 9.97 Å². The van der Waals surface area contributed by atoms with Crippen molar-refractivity contribution in [3.05, 3.63) is 18.0 Å². The molecule has 1 aromatic rings. The molecule has 2 fully saturated rings. The third kappa shape index (κ3) is 3.69. The van der Waals surface area contributed by atoms with Crippen molar-refractivity contribution in [3.8, 4) is 0 Å². The van der Waals surface area contributed by atoms with Crippen molar-refractivity contribution in [2.24, 2.45) is 0 Å². The average Bonchev–Trinajstić information content (AvgIpc) is 3.07. The largest absolute Gasteiger partial charge is 0.376 e. The predicted octanol–water partition coefficient (Wildman–Crippen LogP) is 1.69. The number of nitrogens with zero attached hydrogens (tertiary/aromatic N) is 3. The second kappa shape index (κ2) is 6.85. The van der Waals surface area contributed by atoms with Gasteiger partial charge >= 0.3 is 0 Å². The number of amides is 1. The smallest absolute Gasteiger partial charge is 0.256 e. The lowest BCUT2D eigenvalue weighted by atomic mass is 10.1. The van der Waals surface area contributed by atoms with Gasteiger partial charge < -0.3 is 15.0 Å². The van der Waals surface area contributed by atoms with E-state index in [0.717, 1.165) is 51.9 Å². The van der Waals surface area contributed by atoms with Crippen LogP contribution in [0.5, 0.6) is 0 Å². The van der Waals surface area contributed by atoms with Gasteiger partial charge in [0.2, 0.25) is 5.95 Å². The summed E-state index contributed by atoms with van der Waals surface area (Å²) in [4.78, 5) is 22.6. The summed E-state index contributed by atoms with van der Waals surface area (Å²) < 4.78 is 5.54. The van der Waals surface area contributed by atoms with Gasteiger partial charge in [0.1, 0.15) is 0 Å². The molecule has 1 unspecified atom stereocenters. The van der Waals surface area contributed by atoms with Crippen LogP contribution >= 0.6 is 0 Å². The van der Waals surface area contributed by atoms with Gasteiger partial charge in [0.15, 0.2) is 0 Å². The minimum absolute atomic E-state index is 0.0420. The molecule has 3 rings (SSSR count). The van der Waals surface area contributed by atoms with Gasteiger partial charge in [0.05, 0.1) is 11.7 Å². The second-order valence-corrected chi connectivity index (χ2v) is 5.66. The number of likely N-dealkylation sites (tertiary alicyclic amines) is 1. The van der Waals surface area contributed by atoms with Crippen molar-refractivity contribution >= 4 is 11.9 Å². The van der Waals surface area contributed by atoms with Crippen molar-refractivity contribution in [1.29, 1.82) is 0 Å². The maximum atomic E-state index is 12.3. The molecule has 0 bridgehead atoms. The molecule has 0 radical (unpaired) electrons. The van der Waals surface area contributed by atoms with Crippen molar-refractivity contribution in [2.45, 2.75) is 38.2 Å². The number of piperidine rings is 1. The van der Waals surface area contributed by atoms with Crippen LogP contribution in [-0.4, -0.2) is 53.1 Å². The molecule has 21 heavy (non-hydrogen) atoms. The molecule has 6 heteroatoms. The molecular formula is C15H22N4O2. The minimum atomic E-state index is 0.0420. The van der Waals surface area contributed by atoms with Crippen LogP contribution in [0.3, 0.4) is 0 Å².